The van der Waals surface area contributed by atoms with Gasteiger partial charge in [0, 0.05) is 22.8 Å². The minimum Gasteiger partial charge on any atom is -0.338 e. The highest BCUT2D eigenvalue weighted by molar-refractivity contribution is 8.00. The highest BCUT2D eigenvalue weighted by Crippen LogP contribution is 2.30. The number of halogens is 1. The molecule has 0 saturated carbocycles. The number of anilines is 2. The Morgan fingerprint density at radius 2 is 1.76 bits per heavy atom. The summed E-state index contributed by atoms with van der Waals surface area (Å²) in [5, 5.41) is 8.52. The third kappa shape index (κ3) is 5.99. The van der Waals surface area contributed by atoms with Crippen LogP contribution in [0.1, 0.15) is 13.8 Å². The molecule has 1 unspecified atom stereocenters. The summed E-state index contributed by atoms with van der Waals surface area (Å²) in [4.78, 5) is 24.8. The van der Waals surface area contributed by atoms with E-state index in [0.29, 0.717) is 22.9 Å². The van der Waals surface area contributed by atoms with Gasteiger partial charge in [-0.05, 0) is 44.2 Å². The van der Waals surface area contributed by atoms with E-state index in [-0.39, 0.29) is 17.2 Å². The molecule has 1 atom stereocenters. The van der Waals surface area contributed by atoms with E-state index in [9.17, 15) is 9.59 Å². The van der Waals surface area contributed by atoms with Crippen molar-refractivity contribution >= 4 is 46.7 Å². The van der Waals surface area contributed by atoms with E-state index in [0.717, 1.165) is 4.90 Å². The van der Waals surface area contributed by atoms with Crippen molar-refractivity contribution < 1.29 is 9.59 Å². The minimum atomic E-state index is -0.320. The van der Waals surface area contributed by atoms with Crippen molar-refractivity contribution in [1.29, 1.82) is 0 Å². The van der Waals surface area contributed by atoms with E-state index in [4.69, 9.17) is 11.6 Å². The Labute approximate surface area is 156 Å². The number of carbonyl (C=O) groups is 2. The second-order valence-corrected chi connectivity index (χ2v) is 7.03. The van der Waals surface area contributed by atoms with Gasteiger partial charge in [-0.1, -0.05) is 29.8 Å². The Kier molecular flexibility index (Phi) is 7.16. The lowest BCUT2D eigenvalue weighted by Gasteiger charge is -2.14. The number of rotatable bonds is 6. The highest BCUT2D eigenvalue weighted by Gasteiger charge is 2.16. The van der Waals surface area contributed by atoms with Crippen LogP contribution in [0.25, 0.3) is 0 Å². The van der Waals surface area contributed by atoms with Crippen molar-refractivity contribution in [1.82, 2.24) is 5.32 Å². The molecule has 0 spiro atoms. The van der Waals surface area contributed by atoms with Crippen LogP contribution in [0.15, 0.2) is 53.4 Å². The summed E-state index contributed by atoms with van der Waals surface area (Å²) in [6.07, 6.45) is 0. The van der Waals surface area contributed by atoms with Crippen molar-refractivity contribution in [2.75, 3.05) is 17.2 Å². The quantitative estimate of drug-likeness (QED) is 0.644. The maximum atomic E-state index is 12.4. The minimum absolute atomic E-state index is 0.139. The van der Waals surface area contributed by atoms with E-state index in [1.54, 1.807) is 30.3 Å². The number of urea groups is 1. The molecule has 0 aliphatic rings. The number of hydrogen-bond donors (Lipinski definition) is 3. The van der Waals surface area contributed by atoms with Gasteiger partial charge in [0.25, 0.3) is 0 Å². The van der Waals surface area contributed by atoms with Crippen LogP contribution in [-0.2, 0) is 4.79 Å². The topological polar surface area (TPSA) is 70.2 Å². The number of hydrogen-bond acceptors (Lipinski definition) is 3. The maximum absolute atomic E-state index is 12.4. The second-order valence-electron chi connectivity index (χ2n) is 5.25. The van der Waals surface area contributed by atoms with Gasteiger partial charge >= 0.3 is 6.03 Å². The van der Waals surface area contributed by atoms with Gasteiger partial charge in [0.15, 0.2) is 0 Å². The van der Waals surface area contributed by atoms with Gasteiger partial charge in [-0.25, -0.2) is 4.79 Å². The van der Waals surface area contributed by atoms with E-state index in [1.807, 2.05) is 32.0 Å². The Balaban J connectivity index is 1.97. The average molecular weight is 378 g/mol. The van der Waals surface area contributed by atoms with Crippen LogP contribution in [0, 0.1) is 0 Å². The first-order valence-electron chi connectivity index (χ1n) is 7.86. The average Bonchev–Trinajstić information content (AvgIpc) is 2.57. The molecule has 0 fully saturated rings. The molecular weight excluding hydrogens is 358 g/mol. The summed E-state index contributed by atoms with van der Waals surface area (Å²) in [5.74, 6) is -0.139. The first-order chi connectivity index (χ1) is 12.0. The van der Waals surface area contributed by atoms with Crippen molar-refractivity contribution in [3.05, 3.63) is 53.6 Å². The normalized spacial score (nSPS) is 11.5. The van der Waals surface area contributed by atoms with Gasteiger partial charge in [0.2, 0.25) is 5.91 Å². The van der Waals surface area contributed by atoms with Crippen molar-refractivity contribution in [3.8, 4) is 0 Å². The lowest BCUT2D eigenvalue weighted by Crippen LogP contribution is -2.28. The molecule has 5 nitrogen and oxygen atoms in total. The Morgan fingerprint density at radius 3 is 2.44 bits per heavy atom. The van der Waals surface area contributed by atoms with E-state index < -0.39 is 0 Å². The molecule has 0 saturated heterocycles. The molecule has 0 radical (unpaired) electrons. The van der Waals surface area contributed by atoms with Gasteiger partial charge in [0.05, 0.1) is 10.3 Å². The summed E-state index contributed by atoms with van der Waals surface area (Å²) < 4.78 is 0. The van der Waals surface area contributed by atoms with Crippen LogP contribution in [0.2, 0.25) is 5.02 Å². The van der Waals surface area contributed by atoms with Crippen LogP contribution >= 0.6 is 23.4 Å². The second kappa shape index (κ2) is 9.34. The van der Waals surface area contributed by atoms with E-state index >= 15 is 0 Å². The number of carbonyl (C=O) groups excluding carboxylic acids is 2. The van der Waals surface area contributed by atoms with Crippen molar-refractivity contribution in [3.63, 3.8) is 0 Å². The first kappa shape index (κ1) is 19.1. The highest BCUT2D eigenvalue weighted by atomic mass is 35.5. The molecule has 0 aliphatic carbocycles. The van der Waals surface area contributed by atoms with Gasteiger partial charge in [-0.3, -0.25) is 4.79 Å². The zero-order valence-electron chi connectivity index (χ0n) is 14.0. The molecule has 3 N–H and O–H groups in total. The fraction of sp³-hybridized carbons (Fsp3) is 0.222. The Bertz CT molecular complexity index is 755. The molecule has 0 heterocycles. The summed E-state index contributed by atoms with van der Waals surface area (Å²) in [6, 6.07) is 14.1. The third-order valence-electron chi connectivity index (χ3n) is 3.23. The molecule has 25 heavy (non-hydrogen) atoms. The van der Waals surface area contributed by atoms with E-state index in [1.165, 1.54) is 11.8 Å². The third-order valence-corrected chi connectivity index (χ3v) is 4.85. The number of amides is 3. The predicted octanol–water partition coefficient (Wildman–Crippen LogP) is 4.60. The zero-order chi connectivity index (χ0) is 18.2. The van der Waals surface area contributed by atoms with Crippen molar-refractivity contribution in [2.45, 2.75) is 24.0 Å². The fourth-order valence-corrected chi connectivity index (χ4v) is 3.19. The van der Waals surface area contributed by atoms with Crippen molar-refractivity contribution in [2.24, 2.45) is 0 Å². The van der Waals surface area contributed by atoms with Gasteiger partial charge in [-0.15, -0.1) is 11.8 Å². The maximum Gasteiger partial charge on any atom is 0.319 e. The van der Waals surface area contributed by atoms with Crippen LogP contribution in [0.5, 0.6) is 0 Å². The van der Waals surface area contributed by atoms with Gasteiger partial charge in [-0.2, -0.15) is 0 Å². The van der Waals surface area contributed by atoms with Gasteiger partial charge < -0.3 is 16.0 Å². The predicted molar refractivity (Wildman–Crippen MR) is 105 cm³/mol. The monoisotopic (exact) mass is 377 g/mol. The molecule has 3 amide bonds. The molecule has 0 aliphatic heterocycles. The fourth-order valence-electron chi connectivity index (χ4n) is 2.04. The Hall–Kier alpha value is -2.18. The SMILES string of the molecule is CCNC(=O)Nc1cccc(NC(=O)C(C)Sc2ccccc2Cl)c1. The summed E-state index contributed by atoms with van der Waals surface area (Å²) in [6.45, 7) is 4.20. The summed E-state index contributed by atoms with van der Waals surface area (Å²) >= 11 is 7.52. The summed E-state index contributed by atoms with van der Waals surface area (Å²) in [7, 11) is 0. The molecular formula is C18H20ClN3O2S. The molecule has 132 valence electrons. The van der Waals surface area contributed by atoms with E-state index in [2.05, 4.69) is 16.0 Å². The summed E-state index contributed by atoms with van der Waals surface area (Å²) in [5.41, 5.74) is 1.22. The lowest BCUT2D eigenvalue weighted by atomic mass is 10.2. The number of nitrogens with one attached hydrogen (secondary N) is 3. The first-order valence-corrected chi connectivity index (χ1v) is 9.12. The molecule has 7 heteroatoms. The van der Waals surface area contributed by atoms with Gasteiger partial charge in [0.1, 0.15) is 0 Å². The number of benzene rings is 2. The molecule has 0 bridgehead atoms. The lowest BCUT2D eigenvalue weighted by molar-refractivity contribution is -0.115. The van der Waals surface area contributed by atoms with Crippen LogP contribution in [0.3, 0.4) is 0 Å². The molecule has 2 aromatic rings. The Morgan fingerprint density at radius 1 is 1.08 bits per heavy atom. The molecule has 2 aromatic carbocycles. The smallest absolute Gasteiger partial charge is 0.319 e. The van der Waals surface area contributed by atoms with Crippen LogP contribution in [-0.4, -0.2) is 23.7 Å². The number of thioether (sulfide) groups is 1. The molecule has 0 aromatic heterocycles. The van der Waals surface area contributed by atoms with Crippen LogP contribution in [0.4, 0.5) is 16.2 Å². The van der Waals surface area contributed by atoms with Crippen LogP contribution < -0.4 is 16.0 Å². The largest absolute Gasteiger partial charge is 0.338 e. The molecule has 2 rings (SSSR count). The zero-order valence-corrected chi connectivity index (χ0v) is 15.6. The standard InChI is InChI=1S/C18H20ClN3O2S/c1-3-20-18(24)22-14-8-6-7-13(11-14)21-17(23)12(2)25-16-10-5-4-9-15(16)19/h4-12H,3H2,1-2H3,(H,21,23)(H2,20,22,24).